The van der Waals surface area contributed by atoms with Gasteiger partial charge in [0.15, 0.2) is 0 Å². The van der Waals surface area contributed by atoms with Crippen molar-refractivity contribution in [2.45, 2.75) is 19.1 Å². The predicted molar refractivity (Wildman–Crippen MR) is 54.1 cm³/mol. The normalized spacial score (nSPS) is 26.8. The molecule has 2 nitrogen and oxygen atoms in total. The highest BCUT2D eigenvalue weighted by Crippen LogP contribution is 2.12. The largest absolute Gasteiger partial charge is 0.372 e. The van der Waals surface area contributed by atoms with Gasteiger partial charge in [-0.1, -0.05) is 36.4 Å². The van der Waals surface area contributed by atoms with Gasteiger partial charge < -0.3 is 5.32 Å². The average molecular weight is 174 g/mol. The van der Waals surface area contributed by atoms with Crippen LogP contribution in [0, 0.1) is 0 Å². The number of hydrogen-bond donors (Lipinski definition) is 2. The van der Waals surface area contributed by atoms with E-state index in [1.54, 1.807) is 0 Å². The fourth-order valence-corrected chi connectivity index (χ4v) is 1.50. The van der Waals surface area contributed by atoms with Gasteiger partial charge in [-0.25, -0.2) is 0 Å². The molecule has 68 valence electrons. The SMILES string of the molecule is CC1C=CNC(c2ccccc2)N1. The highest BCUT2D eigenvalue weighted by Gasteiger charge is 2.13. The van der Waals surface area contributed by atoms with Gasteiger partial charge in [-0.05, 0) is 18.7 Å². The summed E-state index contributed by atoms with van der Waals surface area (Å²) in [7, 11) is 0. The Kier molecular flexibility index (Phi) is 2.32. The van der Waals surface area contributed by atoms with Crippen LogP contribution < -0.4 is 10.6 Å². The van der Waals surface area contributed by atoms with Gasteiger partial charge in [0.1, 0.15) is 6.17 Å². The smallest absolute Gasteiger partial charge is 0.103 e. The van der Waals surface area contributed by atoms with E-state index in [9.17, 15) is 0 Å². The lowest BCUT2D eigenvalue weighted by atomic mass is 10.1. The summed E-state index contributed by atoms with van der Waals surface area (Å²) >= 11 is 0. The summed E-state index contributed by atoms with van der Waals surface area (Å²) in [5.41, 5.74) is 1.28. The number of rotatable bonds is 1. The van der Waals surface area contributed by atoms with E-state index >= 15 is 0 Å². The van der Waals surface area contributed by atoms with Crippen LogP contribution in [-0.4, -0.2) is 6.04 Å². The van der Waals surface area contributed by atoms with Crippen LogP contribution in [0.3, 0.4) is 0 Å². The Bertz CT molecular complexity index is 292. The highest BCUT2D eigenvalue weighted by molar-refractivity contribution is 5.20. The van der Waals surface area contributed by atoms with Crippen LogP contribution in [0.2, 0.25) is 0 Å². The average Bonchev–Trinajstić information content (AvgIpc) is 2.19. The van der Waals surface area contributed by atoms with Gasteiger partial charge in [-0.15, -0.1) is 0 Å². The standard InChI is InChI=1S/C11H14N2/c1-9-7-8-12-11(13-9)10-5-3-2-4-6-10/h2-9,11-13H,1H3. The molecule has 2 unspecified atom stereocenters. The maximum absolute atomic E-state index is 3.43. The molecular weight excluding hydrogens is 160 g/mol. The van der Waals surface area contributed by atoms with Gasteiger partial charge in [0.2, 0.25) is 0 Å². The van der Waals surface area contributed by atoms with E-state index in [4.69, 9.17) is 0 Å². The fourth-order valence-electron chi connectivity index (χ4n) is 1.50. The third-order valence-electron chi connectivity index (χ3n) is 2.21. The Labute approximate surface area is 78.7 Å². The molecule has 2 heteroatoms. The van der Waals surface area contributed by atoms with E-state index in [-0.39, 0.29) is 6.17 Å². The van der Waals surface area contributed by atoms with Gasteiger partial charge in [-0.3, -0.25) is 5.32 Å². The molecule has 0 aliphatic carbocycles. The van der Waals surface area contributed by atoms with Gasteiger partial charge in [0, 0.05) is 6.04 Å². The first-order valence-corrected chi connectivity index (χ1v) is 4.60. The highest BCUT2D eigenvalue weighted by atomic mass is 15.1. The molecule has 0 saturated carbocycles. The number of nitrogens with one attached hydrogen (secondary N) is 2. The molecule has 0 saturated heterocycles. The molecule has 0 radical (unpaired) electrons. The van der Waals surface area contributed by atoms with Crippen molar-refractivity contribution in [1.29, 1.82) is 0 Å². The zero-order valence-corrected chi connectivity index (χ0v) is 7.70. The molecule has 1 aromatic rings. The van der Waals surface area contributed by atoms with Gasteiger partial charge in [0.25, 0.3) is 0 Å². The monoisotopic (exact) mass is 174 g/mol. The van der Waals surface area contributed by atoms with E-state index in [0.29, 0.717) is 6.04 Å². The van der Waals surface area contributed by atoms with E-state index in [2.05, 4.69) is 47.9 Å². The molecule has 13 heavy (non-hydrogen) atoms. The van der Waals surface area contributed by atoms with Crippen molar-refractivity contribution >= 4 is 0 Å². The molecule has 0 fully saturated rings. The third-order valence-corrected chi connectivity index (χ3v) is 2.21. The third kappa shape index (κ3) is 1.90. The van der Waals surface area contributed by atoms with Crippen LogP contribution in [0.5, 0.6) is 0 Å². The van der Waals surface area contributed by atoms with Crippen molar-refractivity contribution in [3.05, 3.63) is 48.2 Å². The first-order valence-electron chi connectivity index (χ1n) is 4.60. The fraction of sp³-hybridized carbons (Fsp3) is 0.273. The first kappa shape index (κ1) is 8.32. The minimum absolute atomic E-state index is 0.251. The molecule has 0 aromatic heterocycles. The lowest BCUT2D eigenvalue weighted by Gasteiger charge is -2.26. The van der Waals surface area contributed by atoms with Crippen LogP contribution >= 0.6 is 0 Å². The lowest BCUT2D eigenvalue weighted by Crippen LogP contribution is -2.39. The van der Waals surface area contributed by atoms with Crippen LogP contribution in [-0.2, 0) is 0 Å². The van der Waals surface area contributed by atoms with E-state index in [0.717, 1.165) is 0 Å². The molecule has 1 heterocycles. The second-order valence-corrected chi connectivity index (χ2v) is 3.32. The second-order valence-electron chi connectivity index (χ2n) is 3.32. The molecule has 1 aromatic carbocycles. The van der Waals surface area contributed by atoms with Crippen LogP contribution in [0.15, 0.2) is 42.6 Å². The second kappa shape index (κ2) is 3.62. The van der Waals surface area contributed by atoms with Crippen LogP contribution in [0.25, 0.3) is 0 Å². The summed E-state index contributed by atoms with van der Waals surface area (Å²) in [5, 5.41) is 6.71. The summed E-state index contributed by atoms with van der Waals surface area (Å²) in [6.07, 6.45) is 4.37. The quantitative estimate of drug-likeness (QED) is 0.678. The Morgan fingerprint density at radius 3 is 2.62 bits per heavy atom. The van der Waals surface area contributed by atoms with Gasteiger partial charge >= 0.3 is 0 Å². The molecule has 0 amide bonds. The van der Waals surface area contributed by atoms with E-state index in [1.165, 1.54) is 5.56 Å². The maximum atomic E-state index is 3.43. The lowest BCUT2D eigenvalue weighted by molar-refractivity contribution is 0.441. The Morgan fingerprint density at radius 2 is 1.92 bits per heavy atom. The molecule has 2 N–H and O–H groups in total. The Balaban J connectivity index is 2.15. The first-order chi connectivity index (χ1) is 6.36. The molecule has 2 atom stereocenters. The van der Waals surface area contributed by atoms with Crippen molar-refractivity contribution in [2.24, 2.45) is 0 Å². The molecule has 1 aliphatic heterocycles. The van der Waals surface area contributed by atoms with Gasteiger partial charge in [0.05, 0.1) is 0 Å². The summed E-state index contributed by atoms with van der Waals surface area (Å²) in [5.74, 6) is 0. The minimum atomic E-state index is 0.251. The number of benzene rings is 1. The topological polar surface area (TPSA) is 24.1 Å². The molecular formula is C11H14N2. The van der Waals surface area contributed by atoms with Crippen molar-refractivity contribution in [2.75, 3.05) is 0 Å². The maximum Gasteiger partial charge on any atom is 0.103 e. The molecule has 2 rings (SSSR count). The summed E-state index contributed by atoms with van der Waals surface area (Å²) in [6, 6.07) is 10.8. The van der Waals surface area contributed by atoms with E-state index < -0.39 is 0 Å². The van der Waals surface area contributed by atoms with Crippen molar-refractivity contribution < 1.29 is 0 Å². The predicted octanol–water partition coefficient (Wildman–Crippen LogP) is 1.78. The van der Waals surface area contributed by atoms with Crippen molar-refractivity contribution in [3.8, 4) is 0 Å². The zero-order chi connectivity index (χ0) is 9.10. The Hall–Kier alpha value is -1.28. The summed E-state index contributed by atoms with van der Waals surface area (Å²) in [6.45, 7) is 2.15. The number of hydrogen-bond acceptors (Lipinski definition) is 2. The Morgan fingerprint density at radius 1 is 1.15 bits per heavy atom. The van der Waals surface area contributed by atoms with Crippen molar-refractivity contribution in [1.82, 2.24) is 10.6 Å². The van der Waals surface area contributed by atoms with Crippen molar-refractivity contribution in [3.63, 3.8) is 0 Å². The van der Waals surface area contributed by atoms with Gasteiger partial charge in [-0.2, -0.15) is 0 Å². The van der Waals surface area contributed by atoms with E-state index in [1.807, 2.05) is 12.3 Å². The van der Waals surface area contributed by atoms with Crippen LogP contribution in [0.1, 0.15) is 18.7 Å². The zero-order valence-electron chi connectivity index (χ0n) is 7.70. The van der Waals surface area contributed by atoms with Crippen LogP contribution in [0.4, 0.5) is 0 Å². The molecule has 0 bridgehead atoms. The summed E-state index contributed by atoms with van der Waals surface area (Å²) in [4.78, 5) is 0. The minimum Gasteiger partial charge on any atom is -0.372 e. The molecule has 0 spiro atoms. The molecule has 1 aliphatic rings. The summed E-state index contributed by atoms with van der Waals surface area (Å²) < 4.78 is 0.